The molecule has 7 nitrogen and oxygen atoms in total. The summed E-state index contributed by atoms with van der Waals surface area (Å²) in [6, 6.07) is 3.20. The van der Waals surface area contributed by atoms with Crippen molar-refractivity contribution in [2.75, 3.05) is 0 Å². The van der Waals surface area contributed by atoms with E-state index in [2.05, 4.69) is 4.98 Å². The molecule has 0 saturated carbocycles. The van der Waals surface area contributed by atoms with Crippen LogP contribution in [-0.4, -0.2) is 27.9 Å². The standard InChI is InChI=1S/C11H10N2O5/c12-6(4-9(14)15)10(16)5-1-2-7-8(3-5)18-11(17)13-7/h1-3,6H,4,12H2,(H,13,17)(H,14,15). The number of carboxylic acids is 1. The molecule has 94 valence electrons. The Bertz CT molecular complexity index is 669. The maximum Gasteiger partial charge on any atom is 0.417 e. The normalized spacial score (nSPS) is 12.5. The van der Waals surface area contributed by atoms with Crippen molar-refractivity contribution in [1.29, 1.82) is 0 Å². The molecule has 1 unspecified atom stereocenters. The number of aromatic amines is 1. The Morgan fingerprint density at radius 3 is 2.83 bits per heavy atom. The second kappa shape index (κ2) is 4.46. The minimum absolute atomic E-state index is 0.207. The van der Waals surface area contributed by atoms with Gasteiger partial charge in [-0.05, 0) is 18.2 Å². The summed E-state index contributed by atoms with van der Waals surface area (Å²) in [5.41, 5.74) is 6.37. The molecular weight excluding hydrogens is 240 g/mol. The molecule has 1 heterocycles. The third-order valence-corrected chi connectivity index (χ3v) is 2.44. The molecule has 0 aliphatic carbocycles. The smallest absolute Gasteiger partial charge is 0.417 e. The van der Waals surface area contributed by atoms with E-state index >= 15 is 0 Å². The van der Waals surface area contributed by atoms with Crippen molar-refractivity contribution in [3.05, 3.63) is 34.3 Å². The van der Waals surface area contributed by atoms with Crippen LogP contribution in [0.1, 0.15) is 16.8 Å². The molecule has 0 bridgehead atoms. The van der Waals surface area contributed by atoms with Gasteiger partial charge in [-0.15, -0.1) is 0 Å². The summed E-state index contributed by atoms with van der Waals surface area (Å²) in [5.74, 6) is -2.28. The van der Waals surface area contributed by atoms with Gasteiger partial charge in [-0.25, -0.2) is 4.79 Å². The van der Waals surface area contributed by atoms with Crippen LogP contribution in [0.3, 0.4) is 0 Å². The predicted octanol–water partition coefficient (Wildman–Crippen LogP) is 0.106. The third kappa shape index (κ3) is 2.30. The van der Waals surface area contributed by atoms with E-state index < -0.39 is 30.0 Å². The van der Waals surface area contributed by atoms with Crippen molar-refractivity contribution in [2.24, 2.45) is 5.73 Å². The number of aromatic nitrogens is 1. The predicted molar refractivity (Wildman–Crippen MR) is 61.4 cm³/mol. The SMILES string of the molecule is NC(CC(=O)O)C(=O)c1ccc2[nH]c(=O)oc2c1. The highest BCUT2D eigenvalue weighted by atomic mass is 16.4. The number of aliphatic carboxylic acids is 1. The first-order valence-electron chi connectivity index (χ1n) is 5.12. The highest BCUT2D eigenvalue weighted by molar-refractivity contribution is 6.03. The largest absolute Gasteiger partial charge is 0.481 e. The lowest BCUT2D eigenvalue weighted by atomic mass is 10.0. The van der Waals surface area contributed by atoms with Crippen LogP contribution in [-0.2, 0) is 4.79 Å². The van der Waals surface area contributed by atoms with Gasteiger partial charge in [0.15, 0.2) is 11.4 Å². The van der Waals surface area contributed by atoms with Crippen molar-refractivity contribution < 1.29 is 19.1 Å². The lowest BCUT2D eigenvalue weighted by Crippen LogP contribution is -2.32. The number of benzene rings is 1. The van der Waals surface area contributed by atoms with Crippen LogP contribution in [0, 0.1) is 0 Å². The van der Waals surface area contributed by atoms with E-state index in [9.17, 15) is 14.4 Å². The second-order valence-corrected chi connectivity index (χ2v) is 3.79. The first-order valence-corrected chi connectivity index (χ1v) is 5.12. The number of carboxylic acid groups (broad SMARTS) is 1. The second-order valence-electron chi connectivity index (χ2n) is 3.79. The van der Waals surface area contributed by atoms with Crippen LogP contribution in [0.15, 0.2) is 27.4 Å². The number of Topliss-reactive ketones (excluding diaryl/α,β-unsaturated/α-hetero) is 1. The van der Waals surface area contributed by atoms with E-state index in [4.69, 9.17) is 15.3 Å². The third-order valence-electron chi connectivity index (χ3n) is 2.44. The first-order chi connectivity index (χ1) is 8.47. The van der Waals surface area contributed by atoms with Crippen molar-refractivity contribution in [3.63, 3.8) is 0 Å². The number of nitrogens with two attached hydrogens (primary N) is 1. The minimum atomic E-state index is -1.15. The number of rotatable bonds is 4. The van der Waals surface area contributed by atoms with E-state index in [-0.39, 0.29) is 11.1 Å². The van der Waals surface area contributed by atoms with Crippen LogP contribution in [0.2, 0.25) is 0 Å². The van der Waals surface area contributed by atoms with E-state index in [1.807, 2.05) is 0 Å². The van der Waals surface area contributed by atoms with Crippen LogP contribution in [0.4, 0.5) is 0 Å². The molecule has 0 amide bonds. The quantitative estimate of drug-likeness (QED) is 0.661. The highest BCUT2D eigenvalue weighted by Gasteiger charge is 2.19. The number of H-pyrrole nitrogens is 1. The van der Waals surface area contributed by atoms with Gasteiger partial charge in [-0.3, -0.25) is 14.6 Å². The molecule has 4 N–H and O–H groups in total. The molecule has 1 aromatic heterocycles. The van der Waals surface area contributed by atoms with Crippen molar-refractivity contribution in [3.8, 4) is 0 Å². The number of carbonyl (C=O) groups excluding carboxylic acids is 1. The molecule has 7 heteroatoms. The number of hydrogen-bond acceptors (Lipinski definition) is 5. The molecule has 0 spiro atoms. The summed E-state index contributed by atoms with van der Waals surface area (Å²) in [5, 5.41) is 8.56. The van der Waals surface area contributed by atoms with Gasteiger partial charge in [-0.2, -0.15) is 0 Å². The zero-order valence-electron chi connectivity index (χ0n) is 9.17. The van der Waals surface area contributed by atoms with Gasteiger partial charge in [0.05, 0.1) is 18.0 Å². The molecule has 0 saturated heterocycles. The summed E-state index contributed by atoms with van der Waals surface area (Å²) < 4.78 is 4.80. The monoisotopic (exact) mass is 250 g/mol. The summed E-state index contributed by atoms with van der Waals surface area (Å²) in [7, 11) is 0. The van der Waals surface area contributed by atoms with Crippen molar-refractivity contribution >= 4 is 22.9 Å². The number of hydrogen-bond donors (Lipinski definition) is 3. The molecule has 0 aliphatic rings. The molecule has 0 aliphatic heterocycles. The Labute approximate surface area is 100 Å². The average Bonchev–Trinajstić information content (AvgIpc) is 2.65. The van der Waals surface area contributed by atoms with Crippen LogP contribution < -0.4 is 11.5 Å². The number of oxazole rings is 1. The van der Waals surface area contributed by atoms with Gasteiger partial charge in [0, 0.05) is 5.56 Å². The van der Waals surface area contributed by atoms with Crippen LogP contribution in [0.5, 0.6) is 0 Å². The van der Waals surface area contributed by atoms with Gasteiger partial charge in [0.2, 0.25) is 0 Å². The lowest BCUT2D eigenvalue weighted by Gasteiger charge is -2.07. The maximum atomic E-state index is 11.8. The summed E-state index contributed by atoms with van der Waals surface area (Å²) in [6.07, 6.45) is -0.450. The topological polar surface area (TPSA) is 126 Å². The fraction of sp³-hybridized carbons (Fsp3) is 0.182. The van der Waals surface area contributed by atoms with Crippen molar-refractivity contribution in [2.45, 2.75) is 12.5 Å². The summed E-state index contributed by atoms with van der Waals surface area (Å²) in [4.78, 5) is 35.6. The molecule has 2 rings (SSSR count). The van der Waals surface area contributed by atoms with E-state index in [1.54, 1.807) is 0 Å². The molecule has 0 radical (unpaired) electrons. The average molecular weight is 250 g/mol. The van der Waals surface area contributed by atoms with Gasteiger partial charge in [0.25, 0.3) is 0 Å². The van der Waals surface area contributed by atoms with E-state index in [0.717, 1.165) is 0 Å². The summed E-state index contributed by atoms with van der Waals surface area (Å²) in [6.45, 7) is 0. The highest BCUT2D eigenvalue weighted by Crippen LogP contribution is 2.14. The Kier molecular flexibility index (Phi) is 2.99. The Balaban J connectivity index is 2.32. The first kappa shape index (κ1) is 12.1. The zero-order chi connectivity index (χ0) is 13.3. The maximum absolute atomic E-state index is 11.8. The van der Waals surface area contributed by atoms with Gasteiger partial charge in [-0.1, -0.05) is 0 Å². The molecule has 1 atom stereocenters. The van der Waals surface area contributed by atoms with Gasteiger partial charge >= 0.3 is 11.7 Å². The molecule has 0 fully saturated rings. The number of fused-ring (bicyclic) bond motifs is 1. The zero-order valence-corrected chi connectivity index (χ0v) is 9.17. The van der Waals surface area contributed by atoms with Crippen LogP contribution in [0.25, 0.3) is 11.1 Å². The number of carbonyl (C=O) groups is 2. The van der Waals surface area contributed by atoms with E-state index in [1.165, 1.54) is 18.2 Å². The molecule has 2 aromatic rings. The van der Waals surface area contributed by atoms with E-state index in [0.29, 0.717) is 5.52 Å². The molecule has 1 aromatic carbocycles. The lowest BCUT2D eigenvalue weighted by molar-refractivity contribution is -0.137. The van der Waals surface area contributed by atoms with Gasteiger partial charge < -0.3 is 15.3 Å². The Morgan fingerprint density at radius 1 is 1.44 bits per heavy atom. The Morgan fingerprint density at radius 2 is 2.17 bits per heavy atom. The Hall–Kier alpha value is -2.41. The molecule has 18 heavy (non-hydrogen) atoms. The number of nitrogens with one attached hydrogen (secondary N) is 1. The molecular formula is C11H10N2O5. The van der Waals surface area contributed by atoms with Crippen LogP contribution >= 0.6 is 0 Å². The number of ketones is 1. The fourth-order valence-electron chi connectivity index (χ4n) is 1.59. The minimum Gasteiger partial charge on any atom is -0.481 e. The van der Waals surface area contributed by atoms with Gasteiger partial charge in [0.1, 0.15) is 0 Å². The van der Waals surface area contributed by atoms with Crippen molar-refractivity contribution in [1.82, 2.24) is 4.98 Å². The summed E-state index contributed by atoms with van der Waals surface area (Å²) >= 11 is 0. The fourth-order valence-corrected chi connectivity index (χ4v) is 1.59.